The molecule has 0 aromatic carbocycles. The van der Waals surface area contributed by atoms with E-state index in [1.807, 2.05) is 0 Å². The van der Waals surface area contributed by atoms with E-state index in [0.717, 1.165) is 11.8 Å². The Morgan fingerprint density at radius 3 is 2.46 bits per heavy atom. The Kier molecular flexibility index (Phi) is 4.90. The quantitative estimate of drug-likeness (QED) is 0.348. The van der Waals surface area contributed by atoms with Crippen molar-refractivity contribution >= 4 is 28.8 Å². The van der Waals surface area contributed by atoms with Crippen LogP contribution in [0.2, 0.25) is 0 Å². The predicted octanol–water partition coefficient (Wildman–Crippen LogP) is -0.951. The van der Waals surface area contributed by atoms with Crippen LogP contribution in [0.1, 0.15) is 6.92 Å². The molecule has 0 aromatic heterocycles. The number of hydrogen-bond donors (Lipinski definition) is 4. The average Bonchev–Trinajstić information content (AvgIpc) is 1.98. The number of guanidine groups is 1. The molecular weight excluding hydrogens is 190 g/mol. The minimum Gasteiger partial charge on any atom is -0.370 e. The second-order valence-corrected chi connectivity index (χ2v) is 3.46. The summed E-state index contributed by atoms with van der Waals surface area (Å²) < 4.78 is 0. The van der Waals surface area contributed by atoms with Gasteiger partial charge in [-0.15, -0.1) is 0 Å². The number of rotatable bonds is 3. The fourth-order valence-electron chi connectivity index (χ4n) is 0.436. The molecule has 0 aromatic rings. The Labute approximate surface area is 80.4 Å². The number of amidine groups is 1. The lowest BCUT2D eigenvalue weighted by molar-refractivity contribution is -0.120. The molecule has 0 rings (SSSR count). The monoisotopic (exact) mass is 203 g/mol. The van der Waals surface area contributed by atoms with E-state index in [4.69, 9.17) is 22.6 Å². The first-order valence-electron chi connectivity index (χ1n) is 3.53. The van der Waals surface area contributed by atoms with E-state index >= 15 is 0 Å². The van der Waals surface area contributed by atoms with E-state index in [2.05, 4.69) is 4.99 Å². The minimum absolute atomic E-state index is 0.0203. The Morgan fingerprint density at radius 1 is 1.54 bits per heavy atom. The fourth-order valence-corrected chi connectivity index (χ4v) is 1.18. The van der Waals surface area contributed by atoms with Gasteiger partial charge in [0.2, 0.25) is 5.91 Å². The molecule has 0 aliphatic carbocycles. The third-order valence-corrected chi connectivity index (χ3v) is 2.22. The van der Waals surface area contributed by atoms with E-state index < -0.39 is 5.91 Å². The van der Waals surface area contributed by atoms with Gasteiger partial charge in [-0.1, -0.05) is 18.7 Å². The van der Waals surface area contributed by atoms with Crippen LogP contribution in [0.5, 0.6) is 0 Å². The lowest BCUT2D eigenvalue weighted by Gasteiger charge is -2.04. The van der Waals surface area contributed by atoms with Gasteiger partial charge in [-0.05, 0) is 0 Å². The summed E-state index contributed by atoms with van der Waals surface area (Å²) in [6, 6.07) is 0. The summed E-state index contributed by atoms with van der Waals surface area (Å²) in [5.41, 5.74) is 15.1. The van der Waals surface area contributed by atoms with Crippen molar-refractivity contribution in [3.8, 4) is 0 Å². The zero-order valence-electron chi connectivity index (χ0n) is 7.28. The molecule has 0 heterocycles. The van der Waals surface area contributed by atoms with E-state index in [9.17, 15) is 4.79 Å². The van der Waals surface area contributed by atoms with Crippen molar-refractivity contribution in [1.82, 2.24) is 0 Å². The second-order valence-electron chi connectivity index (χ2n) is 2.46. The SMILES string of the molecule is CC(CSC(=N)N=C(N)N)C(N)=O. The van der Waals surface area contributed by atoms with Gasteiger partial charge < -0.3 is 17.2 Å². The largest absolute Gasteiger partial charge is 0.370 e. The Balaban J connectivity index is 3.84. The van der Waals surface area contributed by atoms with Crippen LogP contribution in [0.15, 0.2) is 4.99 Å². The highest BCUT2D eigenvalue weighted by Crippen LogP contribution is 2.09. The second kappa shape index (κ2) is 5.41. The summed E-state index contributed by atoms with van der Waals surface area (Å²) in [5.74, 6) is -0.445. The molecule has 74 valence electrons. The maximum Gasteiger partial charge on any atom is 0.221 e. The van der Waals surface area contributed by atoms with Crippen LogP contribution in [-0.2, 0) is 4.79 Å². The van der Waals surface area contributed by atoms with Gasteiger partial charge in [-0.3, -0.25) is 10.2 Å². The molecule has 0 saturated carbocycles. The molecule has 0 fully saturated rings. The molecule has 1 atom stereocenters. The van der Waals surface area contributed by atoms with Crippen molar-refractivity contribution in [2.45, 2.75) is 6.92 Å². The third kappa shape index (κ3) is 5.97. The van der Waals surface area contributed by atoms with E-state index in [1.54, 1.807) is 6.92 Å². The molecular formula is C6H13N5OS. The van der Waals surface area contributed by atoms with Gasteiger partial charge in [0, 0.05) is 11.7 Å². The van der Waals surface area contributed by atoms with Crippen LogP contribution in [0, 0.1) is 11.3 Å². The van der Waals surface area contributed by atoms with Crippen LogP contribution in [0.25, 0.3) is 0 Å². The van der Waals surface area contributed by atoms with E-state index in [0.29, 0.717) is 5.75 Å². The van der Waals surface area contributed by atoms with Gasteiger partial charge in [0.1, 0.15) is 0 Å². The van der Waals surface area contributed by atoms with Crippen molar-refractivity contribution in [2.24, 2.45) is 28.1 Å². The fraction of sp³-hybridized carbons (Fsp3) is 0.500. The van der Waals surface area contributed by atoms with Crippen LogP contribution < -0.4 is 17.2 Å². The van der Waals surface area contributed by atoms with Crippen LogP contribution in [-0.4, -0.2) is 22.8 Å². The number of thioether (sulfide) groups is 1. The smallest absolute Gasteiger partial charge is 0.221 e. The van der Waals surface area contributed by atoms with Crippen molar-refractivity contribution in [1.29, 1.82) is 5.41 Å². The first kappa shape index (κ1) is 11.8. The maximum absolute atomic E-state index is 10.6. The molecule has 0 aliphatic heterocycles. The van der Waals surface area contributed by atoms with Crippen molar-refractivity contribution in [2.75, 3.05) is 5.75 Å². The number of nitrogens with zero attached hydrogens (tertiary/aromatic N) is 1. The van der Waals surface area contributed by atoms with Crippen molar-refractivity contribution in [3.63, 3.8) is 0 Å². The normalized spacial score (nSPS) is 11.8. The topological polar surface area (TPSA) is 131 Å². The van der Waals surface area contributed by atoms with E-state index in [1.165, 1.54) is 0 Å². The summed E-state index contributed by atoms with van der Waals surface area (Å²) in [4.78, 5) is 14.1. The van der Waals surface area contributed by atoms with Gasteiger partial charge in [0.05, 0.1) is 0 Å². The molecule has 1 amide bonds. The van der Waals surface area contributed by atoms with E-state index in [-0.39, 0.29) is 17.0 Å². The van der Waals surface area contributed by atoms with Gasteiger partial charge in [0.15, 0.2) is 11.1 Å². The minimum atomic E-state index is -0.398. The number of carbonyl (C=O) groups excluding carboxylic acids is 1. The number of hydrogen-bond acceptors (Lipinski definition) is 3. The molecule has 6 nitrogen and oxygen atoms in total. The molecule has 0 spiro atoms. The molecule has 7 heteroatoms. The standard InChI is InChI=1S/C6H13N5OS/c1-3(4(7)12)2-13-6(10)11-5(8)9/h3H,2H2,1H3,(H2,7,12)(H5,8,9,10,11). The maximum atomic E-state index is 10.6. The Morgan fingerprint density at radius 2 is 2.08 bits per heavy atom. The van der Waals surface area contributed by atoms with Gasteiger partial charge in [-0.2, -0.15) is 4.99 Å². The molecule has 0 radical (unpaired) electrons. The average molecular weight is 203 g/mol. The highest BCUT2D eigenvalue weighted by molar-refractivity contribution is 8.13. The van der Waals surface area contributed by atoms with Crippen LogP contribution in [0.3, 0.4) is 0 Å². The lowest BCUT2D eigenvalue weighted by atomic mass is 10.2. The summed E-state index contributed by atoms with van der Waals surface area (Å²) in [6.07, 6.45) is 0. The predicted molar refractivity (Wildman–Crippen MR) is 54.4 cm³/mol. The summed E-state index contributed by atoms with van der Waals surface area (Å²) in [5, 5.41) is 7.20. The Bertz CT molecular complexity index is 235. The molecule has 0 saturated heterocycles. The number of amides is 1. The zero-order chi connectivity index (χ0) is 10.4. The Hall–Kier alpha value is -1.24. The number of nitrogens with one attached hydrogen (secondary N) is 1. The van der Waals surface area contributed by atoms with Gasteiger partial charge in [0.25, 0.3) is 0 Å². The highest BCUT2D eigenvalue weighted by Gasteiger charge is 2.09. The lowest BCUT2D eigenvalue weighted by Crippen LogP contribution is -2.25. The molecule has 13 heavy (non-hydrogen) atoms. The molecule has 0 bridgehead atoms. The first-order valence-corrected chi connectivity index (χ1v) is 4.52. The van der Waals surface area contributed by atoms with Crippen LogP contribution in [0.4, 0.5) is 0 Å². The zero-order valence-corrected chi connectivity index (χ0v) is 8.10. The summed E-state index contributed by atoms with van der Waals surface area (Å²) >= 11 is 1.08. The third-order valence-electron chi connectivity index (χ3n) is 1.19. The van der Waals surface area contributed by atoms with Crippen LogP contribution >= 0.6 is 11.8 Å². The molecule has 0 aliphatic rings. The van der Waals surface area contributed by atoms with Gasteiger partial charge >= 0.3 is 0 Å². The highest BCUT2D eigenvalue weighted by atomic mass is 32.2. The van der Waals surface area contributed by atoms with Crippen molar-refractivity contribution in [3.05, 3.63) is 0 Å². The molecule has 7 N–H and O–H groups in total. The number of aliphatic imine (C=N–C) groups is 1. The molecule has 1 unspecified atom stereocenters. The number of nitrogens with two attached hydrogens (primary N) is 3. The summed E-state index contributed by atoms with van der Waals surface area (Å²) in [7, 11) is 0. The number of primary amides is 1. The van der Waals surface area contributed by atoms with Crippen molar-refractivity contribution < 1.29 is 4.79 Å². The first-order chi connectivity index (χ1) is 5.93. The summed E-state index contributed by atoms with van der Waals surface area (Å²) in [6.45, 7) is 1.68. The number of carbonyl (C=O) groups is 1. The van der Waals surface area contributed by atoms with Gasteiger partial charge in [-0.25, -0.2) is 0 Å².